The number of hydrogen-bond acceptors (Lipinski definition) is 7. The van der Waals surface area contributed by atoms with E-state index in [2.05, 4.69) is 6.58 Å². The van der Waals surface area contributed by atoms with Crippen LogP contribution >= 0.6 is 0 Å². The molecule has 2 heterocycles. The summed E-state index contributed by atoms with van der Waals surface area (Å²) in [5.74, 6) is -2.20. The summed E-state index contributed by atoms with van der Waals surface area (Å²) in [7, 11) is 0. The van der Waals surface area contributed by atoms with Crippen molar-refractivity contribution < 1.29 is 34.7 Å². The van der Waals surface area contributed by atoms with E-state index >= 15 is 0 Å². The molecule has 4 fully saturated rings. The van der Waals surface area contributed by atoms with Gasteiger partial charge in [0.1, 0.15) is 23.9 Å². The number of fused-ring (bicyclic) bond motifs is 2. The zero-order valence-electron chi connectivity index (χ0n) is 12.4. The molecule has 122 valence electrons. The zero-order chi connectivity index (χ0) is 16.2. The normalized spacial score (nSPS) is 62.8. The number of rotatable bonds is 0. The lowest BCUT2D eigenvalue weighted by Crippen LogP contribution is -2.56. The van der Waals surface area contributed by atoms with Gasteiger partial charge in [-0.25, -0.2) is 4.79 Å². The first-order chi connectivity index (χ1) is 10.1. The van der Waals surface area contributed by atoms with Crippen molar-refractivity contribution in [3.8, 4) is 0 Å². The molecule has 22 heavy (non-hydrogen) atoms. The predicted octanol–water partition coefficient (Wildman–Crippen LogP) is -1.52. The lowest BCUT2D eigenvalue weighted by Gasteiger charge is -2.40. The van der Waals surface area contributed by atoms with Crippen molar-refractivity contribution in [3.05, 3.63) is 12.2 Å². The smallest absolute Gasteiger partial charge is 0.334 e. The largest absolute Gasteiger partial charge is 0.458 e. The Morgan fingerprint density at radius 1 is 1.27 bits per heavy atom. The quantitative estimate of drug-likeness (QED) is 0.243. The molecule has 0 aromatic rings. The van der Waals surface area contributed by atoms with Gasteiger partial charge in [0.2, 0.25) is 0 Å². The molecule has 4 N–H and O–H groups in total. The summed E-state index contributed by atoms with van der Waals surface area (Å²) < 4.78 is 11.0. The Balaban J connectivity index is 1.90. The van der Waals surface area contributed by atoms with Crippen LogP contribution in [0.15, 0.2) is 12.2 Å². The number of hydrogen-bond donors (Lipinski definition) is 4. The number of ether oxygens (including phenoxy) is 2. The van der Waals surface area contributed by atoms with Crippen molar-refractivity contribution >= 4 is 5.97 Å². The Morgan fingerprint density at radius 2 is 1.91 bits per heavy atom. The van der Waals surface area contributed by atoms with Gasteiger partial charge in [0.25, 0.3) is 0 Å². The molecule has 0 aromatic carbocycles. The highest BCUT2D eigenvalue weighted by atomic mass is 16.7. The number of carbonyl (C=O) groups is 1. The van der Waals surface area contributed by atoms with Crippen LogP contribution < -0.4 is 0 Å². The van der Waals surface area contributed by atoms with E-state index in [1.807, 2.05) is 0 Å². The van der Waals surface area contributed by atoms with Crippen molar-refractivity contribution in [2.75, 3.05) is 0 Å². The second-order valence-corrected chi connectivity index (χ2v) is 7.45. The summed E-state index contributed by atoms with van der Waals surface area (Å²) in [6, 6.07) is 0. The molecule has 0 amide bonds. The average Bonchev–Trinajstić information content (AvgIpc) is 3.02. The maximum Gasteiger partial charge on any atom is 0.334 e. The van der Waals surface area contributed by atoms with Crippen molar-refractivity contribution in [3.63, 3.8) is 0 Å². The van der Waals surface area contributed by atoms with Crippen molar-refractivity contribution in [1.82, 2.24) is 0 Å². The van der Waals surface area contributed by atoms with Gasteiger partial charge >= 0.3 is 5.97 Å². The lowest BCUT2D eigenvalue weighted by molar-refractivity contribution is -0.178. The molecule has 9 atom stereocenters. The molecule has 2 aliphatic carbocycles. The first-order valence-corrected chi connectivity index (χ1v) is 7.44. The monoisotopic (exact) mass is 312 g/mol. The second kappa shape index (κ2) is 3.73. The summed E-state index contributed by atoms with van der Waals surface area (Å²) in [6.07, 6.45) is -3.94. The fourth-order valence-electron chi connectivity index (χ4n) is 5.02. The minimum Gasteiger partial charge on any atom is -0.458 e. The van der Waals surface area contributed by atoms with Gasteiger partial charge in [-0.2, -0.15) is 0 Å². The molecule has 2 aliphatic heterocycles. The van der Waals surface area contributed by atoms with Crippen molar-refractivity contribution in [1.29, 1.82) is 0 Å². The number of aliphatic hydroxyl groups is 4. The fourth-order valence-corrected chi connectivity index (χ4v) is 5.02. The first-order valence-electron chi connectivity index (χ1n) is 7.44. The molecule has 1 spiro atoms. The molecule has 7 heteroatoms. The van der Waals surface area contributed by atoms with Gasteiger partial charge in [-0.15, -0.1) is 0 Å². The molecular weight excluding hydrogens is 292 g/mol. The van der Waals surface area contributed by atoms with Crippen LogP contribution in [0, 0.1) is 11.8 Å². The standard InChI is InChI=1S/C15H20O7/c1-5-7-6(16)4-13(2,19)15-9(8(7)21-12(5)18)14(3,20)10(17)11(15)22-15/h6-11,16-17,19-20H,1,4H2,2-3H3/t6-,7-,8+,9?,10+,11-,13-,14?,15+/m1/s1. The molecule has 0 radical (unpaired) electrons. The molecule has 4 rings (SSSR count). The third kappa shape index (κ3) is 1.33. The van der Waals surface area contributed by atoms with E-state index in [0.29, 0.717) is 0 Å². The summed E-state index contributed by atoms with van der Waals surface area (Å²) in [4.78, 5) is 11.9. The third-order valence-corrected chi connectivity index (χ3v) is 6.12. The maximum absolute atomic E-state index is 11.9. The number of aliphatic hydroxyl groups excluding tert-OH is 2. The van der Waals surface area contributed by atoms with Gasteiger partial charge in [0.05, 0.1) is 29.1 Å². The fraction of sp³-hybridized carbons (Fsp3) is 0.800. The Labute approximate surface area is 127 Å². The minimum absolute atomic E-state index is 0.0559. The Bertz CT molecular complexity index is 582. The SMILES string of the molecule is C=C1C(=O)O[C@@H]2C3C(C)(O)[C@@H](O)[C@H]4O[C@@]34[C@](C)(O)C[C@@H](O)[C@@H]12. The Hall–Kier alpha value is -0.990. The van der Waals surface area contributed by atoms with Crippen LogP contribution in [0.2, 0.25) is 0 Å². The van der Waals surface area contributed by atoms with Crippen LogP contribution in [0.25, 0.3) is 0 Å². The molecular formula is C15H20O7. The highest BCUT2D eigenvalue weighted by Crippen LogP contribution is 2.68. The average molecular weight is 312 g/mol. The molecule has 7 nitrogen and oxygen atoms in total. The Kier molecular flexibility index (Phi) is 2.48. The molecule has 2 unspecified atom stereocenters. The van der Waals surface area contributed by atoms with E-state index in [1.54, 1.807) is 0 Å². The minimum atomic E-state index is -1.61. The first kappa shape index (κ1) is 14.6. The molecule has 0 bridgehead atoms. The van der Waals surface area contributed by atoms with E-state index in [9.17, 15) is 25.2 Å². The highest BCUT2D eigenvalue weighted by Gasteiger charge is 2.86. The van der Waals surface area contributed by atoms with Crippen molar-refractivity contribution in [2.24, 2.45) is 11.8 Å². The summed E-state index contributed by atoms with van der Waals surface area (Å²) in [6.45, 7) is 6.64. The van der Waals surface area contributed by atoms with E-state index in [0.717, 1.165) is 0 Å². The highest BCUT2D eigenvalue weighted by molar-refractivity contribution is 5.91. The van der Waals surface area contributed by atoms with Crippen molar-refractivity contribution in [2.45, 2.75) is 61.5 Å². The summed E-state index contributed by atoms with van der Waals surface area (Å²) >= 11 is 0. The van der Waals surface area contributed by atoms with Crippen LogP contribution in [-0.4, -0.2) is 67.6 Å². The van der Waals surface area contributed by atoms with Gasteiger partial charge in [-0.3, -0.25) is 0 Å². The zero-order valence-corrected chi connectivity index (χ0v) is 12.4. The van der Waals surface area contributed by atoms with Crippen LogP contribution in [0.4, 0.5) is 0 Å². The van der Waals surface area contributed by atoms with Gasteiger partial charge in [-0.05, 0) is 13.8 Å². The molecule has 2 saturated heterocycles. The van der Waals surface area contributed by atoms with Crippen LogP contribution in [-0.2, 0) is 14.3 Å². The molecule has 4 aliphatic rings. The number of epoxide rings is 1. The van der Waals surface area contributed by atoms with Gasteiger partial charge in [-0.1, -0.05) is 6.58 Å². The topological polar surface area (TPSA) is 120 Å². The maximum atomic E-state index is 11.9. The lowest BCUT2D eigenvalue weighted by atomic mass is 9.73. The number of esters is 1. The molecule has 0 aromatic heterocycles. The number of carbonyl (C=O) groups excluding carboxylic acids is 1. The van der Waals surface area contributed by atoms with E-state index < -0.39 is 59.0 Å². The van der Waals surface area contributed by atoms with Gasteiger partial charge < -0.3 is 29.9 Å². The van der Waals surface area contributed by atoms with E-state index in [1.165, 1.54) is 13.8 Å². The summed E-state index contributed by atoms with van der Waals surface area (Å²) in [5.41, 5.74) is -4.19. The van der Waals surface area contributed by atoms with E-state index in [-0.39, 0.29) is 12.0 Å². The van der Waals surface area contributed by atoms with Gasteiger partial charge in [0, 0.05) is 12.0 Å². The van der Waals surface area contributed by atoms with Crippen LogP contribution in [0.1, 0.15) is 20.3 Å². The van der Waals surface area contributed by atoms with Crippen LogP contribution in [0.5, 0.6) is 0 Å². The second-order valence-electron chi connectivity index (χ2n) is 7.45. The third-order valence-electron chi connectivity index (χ3n) is 6.12. The van der Waals surface area contributed by atoms with Crippen LogP contribution in [0.3, 0.4) is 0 Å². The molecule has 2 saturated carbocycles. The van der Waals surface area contributed by atoms with Gasteiger partial charge in [0.15, 0.2) is 0 Å². The predicted molar refractivity (Wildman–Crippen MR) is 71.5 cm³/mol. The Morgan fingerprint density at radius 3 is 2.55 bits per heavy atom. The summed E-state index contributed by atoms with van der Waals surface area (Å²) in [5, 5.41) is 42.4. The van der Waals surface area contributed by atoms with E-state index in [4.69, 9.17) is 9.47 Å².